The highest BCUT2D eigenvalue weighted by Gasteiger charge is 2.48. The SMILES string of the molecule is CC(NC(=O)c1ccc(Cl)nc1Cl)(C(=O)O)C1CC1. The third-order valence-corrected chi connectivity index (χ3v) is 3.77. The number of carbonyl (C=O) groups excluding carboxylic acids is 1. The predicted molar refractivity (Wildman–Crippen MR) is 70.5 cm³/mol. The van der Waals surface area contributed by atoms with Crippen molar-refractivity contribution in [3.63, 3.8) is 0 Å². The van der Waals surface area contributed by atoms with E-state index in [9.17, 15) is 14.7 Å². The molecule has 7 heteroatoms. The van der Waals surface area contributed by atoms with Crippen molar-refractivity contribution in [3.8, 4) is 0 Å². The largest absolute Gasteiger partial charge is 0.480 e. The Morgan fingerprint density at radius 2 is 2.05 bits per heavy atom. The highest BCUT2D eigenvalue weighted by molar-refractivity contribution is 6.34. The van der Waals surface area contributed by atoms with Crippen LogP contribution in [0.15, 0.2) is 12.1 Å². The lowest BCUT2D eigenvalue weighted by Gasteiger charge is -2.26. The van der Waals surface area contributed by atoms with Gasteiger partial charge in [-0.15, -0.1) is 0 Å². The molecule has 0 radical (unpaired) electrons. The van der Waals surface area contributed by atoms with Gasteiger partial charge in [-0.05, 0) is 37.8 Å². The highest BCUT2D eigenvalue weighted by atomic mass is 35.5. The number of carboxylic acid groups (broad SMARTS) is 1. The number of hydrogen-bond acceptors (Lipinski definition) is 3. The Hall–Kier alpha value is -1.33. The van der Waals surface area contributed by atoms with Crippen molar-refractivity contribution in [1.29, 1.82) is 0 Å². The number of halogens is 2. The van der Waals surface area contributed by atoms with Gasteiger partial charge >= 0.3 is 5.97 Å². The van der Waals surface area contributed by atoms with Crippen molar-refractivity contribution >= 4 is 35.1 Å². The van der Waals surface area contributed by atoms with Gasteiger partial charge in [0.2, 0.25) is 0 Å². The van der Waals surface area contributed by atoms with Crippen LogP contribution in [-0.4, -0.2) is 27.5 Å². The molecule has 1 atom stereocenters. The summed E-state index contributed by atoms with van der Waals surface area (Å²) in [5.41, 5.74) is -1.17. The molecule has 102 valence electrons. The van der Waals surface area contributed by atoms with E-state index in [1.807, 2.05) is 0 Å². The number of rotatable bonds is 4. The first-order chi connectivity index (χ1) is 8.84. The van der Waals surface area contributed by atoms with Crippen LogP contribution in [0.2, 0.25) is 10.3 Å². The number of hydrogen-bond donors (Lipinski definition) is 2. The molecule has 19 heavy (non-hydrogen) atoms. The molecule has 1 aliphatic rings. The lowest BCUT2D eigenvalue weighted by atomic mass is 9.95. The van der Waals surface area contributed by atoms with Gasteiger partial charge in [-0.25, -0.2) is 9.78 Å². The van der Waals surface area contributed by atoms with E-state index < -0.39 is 17.4 Å². The van der Waals surface area contributed by atoms with E-state index in [1.165, 1.54) is 19.1 Å². The third kappa shape index (κ3) is 2.82. The van der Waals surface area contributed by atoms with Crippen LogP contribution in [-0.2, 0) is 4.79 Å². The van der Waals surface area contributed by atoms with Gasteiger partial charge in [-0.2, -0.15) is 0 Å². The number of pyridine rings is 1. The van der Waals surface area contributed by atoms with E-state index in [2.05, 4.69) is 10.3 Å². The lowest BCUT2D eigenvalue weighted by molar-refractivity contribution is -0.144. The lowest BCUT2D eigenvalue weighted by Crippen LogP contribution is -2.54. The van der Waals surface area contributed by atoms with Crippen LogP contribution in [0.1, 0.15) is 30.1 Å². The Labute approximate surface area is 119 Å². The molecule has 1 amide bonds. The number of aromatic nitrogens is 1. The molecular formula is C12H12Cl2N2O3. The summed E-state index contributed by atoms with van der Waals surface area (Å²) in [5, 5.41) is 11.9. The summed E-state index contributed by atoms with van der Waals surface area (Å²) >= 11 is 11.5. The molecule has 0 aromatic carbocycles. The maximum absolute atomic E-state index is 12.1. The summed E-state index contributed by atoms with van der Waals surface area (Å²) in [4.78, 5) is 27.2. The van der Waals surface area contributed by atoms with Crippen molar-refractivity contribution in [3.05, 3.63) is 28.0 Å². The van der Waals surface area contributed by atoms with E-state index in [-0.39, 0.29) is 21.8 Å². The second-order valence-corrected chi connectivity index (χ2v) is 5.45. The van der Waals surface area contributed by atoms with E-state index >= 15 is 0 Å². The van der Waals surface area contributed by atoms with Crippen LogP contribution in [0.25, 0.3) is 0 Å². The number of carbonyl (C=O) groups is 2. The Morgan fingerprint density at radius 1 is 1.42 bits per heavy atom. The summed E-state index contributed by atoms with van der Waals surface area (Å²) in [7, 11) is 0. The molecule has 0 bridgehead atoms. The number of carboxylic acids is 1. The topological polar surface area (TPSA) is 79.3 Å². The van der Waals surface area contributed by atoms with E-state index in [1.54, 1.807) is 0 Å². The number of nitrogens with zero attached hydrogens (tertiary/aromatic N) is 1. The normalized spacial score (nSPS) is 17.6. The maximum atomic E-state index is 12.1. The van der Waals surface area contributed by atoms with Gasteiger partial charge < -0.3 is 10.4 Å². The van der Waals surface area contributed by atoms with Gasteiger partial charge in [0.25, 0.3) is 5.91 Å². The van der Waals surface area contributed by atoms with Crippen LogP contribution in [0.3, 0.4) is 0 Å². The van der Waals surface area contributed by atoms with Gasteiger partial charge in [-0.3, -0.25) is 4.79 Å². The molecule has 2 N–H and O–H groups in total. The van der Waals surface area contributed by atoms with Crippen LogP contribution < -0.4 is 5.32 Å². The zero-order valence-corrected chi connectivity index (χ0v) is 11.6. The molecule has 0 aliphatic heterocycles. The number of amides is 1. The van der Waals surface area contributed by atoms with Crippen LogP contribution >= 0.6 is 23.2 Å². The quantitative estimate of drug-likeness (QED) is 0.837. The van der Waals surface area contributed by atoms with Crippen LogP contribution in [0.4, 0.5) is 0 Å². The smallest absolute Gasteiger partial charge is 0.329 e. The summed E-state index contributed by atoms with van der Waals surface area (Å²) in [6.45, 7) is 1.50. The Bertz CT molecular complexity index is 546. The van der Waals surface area contributed by atoms with Crippen molar-refractivity contribution in [1.82, 2.24) is 10.3 Å². The van der Waals surface area contributed by atoms with E-state index in [0.717, 1.165) is 12.8 Å². The molecule has 0 spiro atoms. The summed E-state index contributed by atoms with van der Waals surface area (Å²) in [6.07, 6.45) is 1.57. The van der Waals surface area contributed by atoms with E-state index in [4.69, 9.17) is 23.2 Å². The van der Waals surface area contributed by atoms with Crippen molar-refractivity contribution in [2.75, 3.05) is 0 Å². The second-order valence-electron chi connectivity index (χ2n) is 4.71. The molecule has 1 aliphatic carbocycles. The average Bonchev–Trinajstić information content (AvgIpc) is 3.11. The van der Waals surface area contributed by atoms with Gasteiger partial charge in [0.1, 0.15) is 15.8 Å². The van der Waals surface area contributed by atoms with Crippen molar-refractivity contribution < 1.29 is 14.7 Å². The molecule has 5 nitrogen and oxygen atoms in total. The Morgan fingerprint density at radius 3 is 2.53 bits per heavy atom. The maximum Gasteiger partial charge on any atom is 0.329 e. The first-order valence-electron chi connectivity index (χ1n) is 5.72. The average molecular weight is 303 g/mol. The molecule has 1 aromatic heterocycles. The minimum Gasteiger partial charge on any atom is -0.480 e. The standard InChI is InChI=1S/C12H12Cl2N2O3/c1-12(11(18)19,6-2-3-6)16-10(17)7-4-5-8(13)15-9(7)14/h4-6H,2-3H2,1H3,(H,16,17)(H,18,19). The summed E-state index contributed by atoms with van der Waals surface area (Å²) in [6, 6.07) is 2.85. The van der Waals surface area contributed by atoms with E-state index in [0.29, 0.717) is 0 Å². The third-order valence-electron chi connectivity index (χ3n) is 3.27. The zero-order valence-electron chi connectivity index (χ0n) is 10.1. The summed E-state index contributed by atoms with van der Waals surface area (Å²) < 4.78 is 0. The molecule has 1 fully saturated rings. The minimum atomic E-state index is -1.28. The molecule has 1 heterocycles. The monoisotopic (exact) mass is 302 g/mol. The second kappa shape index (κ2) is 4.98. The minimum absolute atomic E-state index is 0.0477. The van der Waals surface area contributed by atoms with Gasteiger partial charge in [0.15, 0.2) is 0 Å². The molecule has 2 rings (SSSR count). The first-order valence-corrected chi connectivity index (χ1v) is 6.48. The van der Waals surface area contributed by atoms with Crippen molar-refractivity contribution in [2.24, 2.45) is 5.92 Å². The summed E-state index contributed by atoms with van der Waals surface area (Å²) in [5.74, 6) is -1.67. The molecular weight excluding hydrogens is 291 g/mol. The molecule has 1 saturated carbocycles. The van der Waals surface area contributed by atoms with Gasteiger partial charge in [0, 0.05) is 0 Å². The van der Waals surface area contributed by atoms with Gasteiger partial charge in [-0.1, -0.05) is 23.2 Å². The fourth-order valence-corrected chi connectivity index (χ4v) is 2.31. The Balaban J connectivity index is 2.22. The van der Waals surface area contributed by atoms with Crippen LogP contribution in [0, 0.1) is 5.92 Å². The predicted octanol–water partition coefficient (Wildman–Crippen LogP) is 2.37. The molecule has 1 aromatic rings. The van der Waals surface area contributed by atoms with Gasteiger partial charge in [0.05, 0.1) is 5.56 Å². The zero-order chi connectivity index (χ0) is 14.2. The molecule has 1 unspecified atom stereocenters. The van der Waals surface area contributed by atoms with Crippen molar-refractivity contribution in [2.45, 2.75) is 25.3 Å². The highest BCUT2D eigenvalue weighted by Crippen LogP contribution is 2.40. The first kappa shape index (κ1) is 14.1. The fourth-order valence-electron chi connectivity index (χ4n) is 1.88. The Kier molecular flexibility index (Phi) is 3.69. The molecule has 0 saturated heterocycles. The number of nitrogens with one attached hydrogen (secondary N) is 1. The van der Waals surface area contributed by atoms with Crippen LogP contribution in [0.5, 0.6) is 0 Å². The fraction of sp³-hybridized carbons (Fsp3) is 0.417. The number of aliphatic carboxylic acids is 1.